The van der Waals surface area contributed by atoms with E-state index in [0.29, 0.717) is 5.03 Å². The first-order valence-electron chi connectivity index (χ1n) is 3.35. The lowest BCUT2D eigenvalue weighted by molar-refractivity contribution is 0.0930. The molecule has 0 unspecified atom stereocenters. The van der Waals surface area contributed by atoms with Crippen LogP contribution in [0.25, 0.3) is 0 Å². The Morgan fingerprint density at radius 2 is 2.50 bits per heavy atom. The van der Waals surface area contributed by atoms with Gasteiger partial charge in [0.05, 0.1) is 12.8 Å². The van der Waals surface area contributed by atoms with Crippen molar-refractivity contribution in [2.24, 2.45) is 0 Å². The van der Waals surface area contributed by atoms with Crippen LogP contribution in [0.15, 0.2) is 34.4 Å². The fourth-order valence-electron chi connectivity index (χ4n) is 0.671. The van der Waals surface area contributed by atoms with Gasteiger partial charge < -0.3 is 9.73 Å². The third-order valence-electron chi connectivity index (χ3n) is 1.19. The molecule has 1 amide bonds. The van der Waals surface area contributed by atoms with E-state index in [1.165, 1.54) is 6.26 Å². The molecule has 0 bridgehead atoms. The van der Waals surface area contributed by atoms with Gasteiger partial charge in [0, 0.05) is 5.03 Å². The summed E-state index contributed by atoms with van der Waals surface area (Å²) in [5.74, 6) is -0.0188. The second kappa shape index (κ2) is 3.97. The van der Waals surface area contributed by atoms with E-state index in [4.69, 9.17) is 16.0 Å². The minimum absolute atomic E-state index is 0.251. The molecule has 64 valence electrons. The number of amides is 1. The number of hydrogen-bond acceptors (Lipinski definition) is 2. The molecule has 1 heterocycles. The first-order chi connectivity index (χ1) is 5.70. The summed E-state index contributed by atoms with van der Waals surface area (Å²) in [6.45, 7) is 3.68. The number of hydrogen-bond donors (Lipinski definition) is 1. The fourth-order valence-corrected chi connectivity index (χ4v) is 0.738. The van der Waals surface area contributed by atoms with E-state index >= 15 is 0 Å². The van der Waals surface area contributed by atoms with Crippen molar-refractivity contribution in [2.75, 3.05) is 6.54 Å². The standard InChI is InChI=1S/C8H8ClNO2/c1-6(9)5-10-8(11)7-3-2-4-12-7/h2-4H,1,5H2,(H,10,11). The molecule has 0 aromatic carbocycles. The molecule has 1 N–H and O–H groups in total. The Balaban J connectivity index is 2.45. The van der Waals surface area contributed by atoms with Crippen molar-refractivity contribution in [3.05, 3.63) is 35.8 Å². The van der Waals surface area contributed by atoms with Gasteiger partial charge in [0.25, 0.3) is 5.91 Å². The molecule has 0 aliphatic rings. The van der Waals surface area contributed by atoms with Gasteiger partial charge >= 0.3 is 0 Å². The Bertz CT molecular complexity index is 279. The average Bonchev–Trinajstić information content (AvgIpc) is 2.51. The van der Waals surface area contributed by atoms with E-state index in [2.05, 4.69) is 11.9 Å². The Hall–Kier alpha value is -1.22. The van der Waals surface area contributed by atoms with Gasteiger partial charge in [0.2, 0.25) is 0 Å². The first kappa shape index (κ1) is 8.87. The zero-order valence-corrected chi connectivity index (χ0v) is 7.10. The quantitative estimate of drug-likeness (QED) is 0.780. The maximum atomic E-state index is 11.1. The summed E-state index contributed by atoms with van der Waals surface area (Å²) in [5, 5.41) is 2.90. The van der Waals surface area contributed by atoms with Crippen molar-refractivity contribution >= 4 is 17.5 Å². The molecular weight excluding hydrogens is 178 g/mol. The zero-order valence-electron chi connectivity index (χ0n) is 6.34. The summed E-state index contributed by atoms with van der Waals surface area (Å²) in [5.41, 5.74) is 0. The Morgan fingerprint density at radius 3 is 3.00 bits per heavy atom. The van der Waals surface area contributed by atoms with E-state index in [0.717, 1.165) is 0 Å². The van der Waals surface area contributed by atoms with Crippen LogP contribution in [0, 0.1) is 0 Å². The highest BCUT2D eigenvalue weighted by atomic mass is 35.5. The maximum Gasteiger partial charge on any atom is 0.287 e. The molecule has 12 heavy (non-hydrogen) atoms. The molecule has 0 saturated heterocycles. The third-order valence-corrected chi connectivity index (χ3v) is 1.32. The summed E-state index contributed by atoms with van der Waals surface area (Å²) in [4.78, 5) is 11.1. The number of furan rings is 1. The topological polar surface area (TPSA) is 42.2 Å². The highest BCUT2D eigenvalue weighted by molar-refractivity contribution is 6.29. The number of nitrogens with one attached hydrogen (secondary N) is 1. The minimum Gasteiger partial charge on any atom is -0.459 e. The van der Waals surface area contributed by atoms with Gasteiger partial charge in [0.1, 0.15) is 0 Å². The van der Waals surface area contributed by atoms with Gasteiger partial charge in [-0.1, -0.05) is 18.2 Å². The van der Waals surface area contributed by atoms with Crippen LogP contribution in [0.5, 0.6) is 0 Å². The zero-order chi connectivity index (χ0) is 8.97. The monoisotopic (exact) mass is 185 g/mol. The minimum atomic E-state index is -0.290. The van der Waals surface area contributed by atoms with Crippen LogP contribution in [0.2, 0.25) is 0 Å². The lowest BCUT2D eigenvalue weighted by Gasteiger charge is -1.99. The molecule has 0 aliphatic carbocycles. The smallest absolute Gasteiger partial charge is 0.287 e. The van der Waals surface area contributed by atoms with Gasteiger partial charge in [-0.2, -0.15) is 0 Å². The Kier molecular flexibility index (Phi) is 2.94. The second-order valence-corrected chi connectivity index (χ2v) is 2.71. The van der Waals surface area contributed by atoms with Crippen LogP contribution < -0.4 is 5.32 Å². The Labute approximate surface area is 75.0 Å². The average molecular weight is 186 g/mol. The molecule has 0 aliphatic heterocycles. The van der Waals surface area contributed by atoms with Crippen LogP contribution in [-0.2, 0) is 0 Å². The highest BCUT2D eigenvalue weighted by Crippen LogP contribution is 2.00. The third kappa shape index (κ3) is 2.43. The predicted molar refractivity (Wildman–Crippen MR) is 46.0 cm³/mol. The SMILES string of the molecule is C=C(Cl)CNC(=O)c1ccco1. The Morgan fingerprint density at radius 1 is 1.75 bits per heavy atom. The van der Waals surface area contributed by atoms with Crippen molar-refractivity contribution in [3.63, 3.8) is 0 Å². The number of carbonyl (C=O) groups excluding carboxylic acids is 1. The summed E-state index contributed by atoms with van der Waals surface area (Å²) in [6, 6.07) is 3.22. The maximum absolute atomic E-state index is 11.1. The van der Waals surface area contributed by atoms with Crippen molar-refractivity contribution in [3.8, 4) is 0 Å². The lowest BCUT2D eigenvalue weighted by Crippen LogP contribution is -2.23. The summed E-state index contributed by atoms with van der Waals surface area (Å²) in [6.07, 6.45) is 1.43. The van der Waals surface area contributed by atoms with Crippen molar-refractivity contribution in [1.29, 1.82) is 0 Å². The predicted octanol–water partition coefficient (Wildman–Crippen LogP) is 1.76. The van der Waals surface area contributed by atoms with E-state index in [-0.39, 0.29) is 18.2 Å². The fraction of sp³-hybridized carbons (Fsp3) is 0.125. The van der Waals surface area contributed by atoms with Crippen LogP contribution in [0.3, 0.4) is 0 Å². The summed E-state index contributed by atoms with van der Waals surface area (Å²) in [7, 11) is 0. The van der Waals surface area contributed by atoms with Gasteiger partial charge in [-0.3, -0.25) is 4.79 Å². The number of rotatable bonds is 3. The number of carbonyl (C=O) groups is 1. The van der Waals surface area contributed by atoms with Gasteiger partial charge in [-0.25, -0.2) is 0 Å². The highest BCUT2D eigenvalue weighted by Gasteiger charge is 2.06. The van der Waals surface area contributed by atoms with Gasteiger partial charge in [0.15, 0.2) is 5.76 Å². The molecule has 0 radical (unpaired) electrons. The number of halogens is 1. The van der Waals surface area contributed by atoms with Crippen molar-refractivity contribution < 1.29 is 9.21 Å². The molecule has 1 rings (SSSR count). The summed E-state index contributed by atoms with van der Waals surface area (Å²) >= 11 is 5.44. The summed E-state index contributed by atoms with van der Waals surface area (Å²) < 4.78 is 4.84. The van der Waals surface area contributed by atoms with Crippen LogP contribution in [0.4, 0.5) is 0 Å². The molecule has 0 saturated carbocycles. The van der Waals surface area contributed by atoms with E-state index < -0.39 is 0 Å². The second-order valence-electron chi connectivity index (χ2n) is 2.18. The van der Waals surface area contributed by atoms with Crippen LogP contribution >= 0.6 is 11.6 Å². The molecule has 1 aromatic heterocycles. The molecule has 0 spiro atoms. The largest absolute Gasteiger partial charge is 0.459 e. The first-order valence-corrected chi connectivity index (χ1v) is 3.73. The van der Waals surface area contributed by atoms with Gasteiger partial charge in [-0.05, 0) is 12.1 Å². The molecule has 4 heteroatoms. The molecule has 0 fully saturated rings. The lowest BCUT2D eigenvalue weighted by atomic mass is 10.4. The van der Waals surface area contributed by atoms with Crippen molar-refractivity contribution in [2.45, 2.75) is 0 Å². The van der Waals surface area contributed by atoms with Crippen LogP contribution in [0.1, 0.15) is 10.6 Å². The molecule has 3 nitrogen and oxygen atoms in total. The van der Waals surface area contributed by atoms with E-state index in [9.17, 15) is 4.79 Å². The van der Waals surface area contributed by atoms with Crippen molar-refractivity contribution in [1.82, 2.24) is 5.32 Å². The molecule has 1 aromatic rings. The molecule has 0 atom stereocenters. The van der Waals surface area contributed by atoms with E-state index in [1.807, 2.05) is 0 Å². The molecular formula is C8H8ClNO2. The normalized spacial score (nSPS) is 9.42. The van der Waals surface area contributed by atoms with E-state index in [1.54, 1.807) is 12.1 Å². The van der Waals surface area contributed by atoms with Crippen LogP contribution in [-0.4, -0.2) is 12.5 Å². The van der Waals surface area contributed by atoms with Gasteiger partial charge in [-0.15, -0.1) is 0 Å².